The highest BCUT2D eigenvalue weighted by Crippen LogP contribution is 2.47. The lowest BCUT2D eigenvalue weighted by Crippen LogP contribution is -2.43. The molecule has 2 aromatic heterocycles. The first-order chi connectivity index (χ1) is 35.3. The molecule has 75 heavy (non-hydrogen) atoms. The molecule has 10 rings (SSSR count). The number of carbonyl (C=O) groups excluding carboxylic acids is 2. The van der Waals surface area contributed by atoms with E-state index in [2.05, 4.69) is 97.9 Å². The summed E-state index contributed by atoms with van der Waals surface area (Å²) < 4.78 is 22.9. The van der Waals surface area contributed by atoms with Gasteiger partial charge in [0, 0.05) is 76.6 Å². The largest absolute Gasteiger partial charge is 0.443 e. The molecule has 0 saturated heterocycles. The molecule has 12 nitrogen and oxygen atoms in total. The van der Waals surface area contributed by atoms with E-state index < -0.39 is 19.5 Å². The third-order valence-electron chi connectivity index (χ3n) is 16.3. The van der Waals surface area contributed by atoms with E-state index in [4.69, 9.17) is 13.9 Å². The molecule has 2 amide bonds. The second kappa shape index (κ2) is 20.0. The molecule has 4 aromatic carbocycles. The van der Waals surface area contributed by atoms with Crippen molar-refractivity contribution >= 4 is 53.7 Å². The Morgan fingerprint density at radius 2 is 1.07 bits per heavy atom. The second-order valence-electron chi connectivity index (χ2n) is 25.0. The highest BCUT2D eigenvalue weighted by Gasteiger charge is 2.42. The van der Waals surface area contributed by atoms with Crippen LogP contribution in [0.4, 0.5) is 21.0 Å². The summed E-state index contributed by atoms with van der Waals surface area (Å²) in [5.41, 5.74) is 12.9. The van der Waals surface area contributed by atoms with Crippen molar-refractivity contribution in [2.24, 2.45) is 0 Å². The maximum atomic E-state index is 13.0. The number of aliphatic hydroxyl groups is 1. The monoisotopic (exact) mass is 1030 g/mol. The number of aromatic nitrogens is 2. The van der Waals surface area contributed by atoms with Crippen LogP contribution in [0, 0.1) is 36.5 Å². The Kier molecular flexibility index (Phi) is 14.2. The van der Waals surface area contributed by atoms with E-state index in [1.165, 1.54) is 0 Å². The third kappa shape index (κ3) is 10.6. The molecular weight excluding hydrogens is 953 g/mol. The molecule has 2 aliphatic heterocycles. The lowest BCUT2D eigenvalue weighted by molar-refractivity contribution is 0.0573. The molecule has 13 heteroatoms. The molecule has 6 aromatic rings. The van der Waals surface area contributed by atoms with Crippen LogP contribution in [0.3, 0.4) is 0 Å². The van der Waals surface area contributed by atoms with Crippen LogP contribution in [0.15, 0.2) is 73.1 Å². The molecule has 0 spiro atoms. The standard InChI is InChI=1S/C34H45N3O3Si.C28H31N3O3/c1-22-17-31-28(18-23(22)20-35)29(21-37(31)24-13-14-25(19-24)40-41(8,9)34(5,6)7)26-11-10-12-30-27(26)15-16-36(30)32(38)39-33(2,3)4;1-17-12-26-23(13-18(17)15-29)24(16-31(26)19-8-9-20(32)14-19)21-6-5-7-25-22(21)10-11-30(25)27(33)34-28(2,3)4/h10-12,17-18,21,24-25H,13-16,19H2,1-9H3;5-7,12-13,16,19-20,32H,8-11,14H2,1-4H3/t24-,25-;19-,20-/m11/s1. The van der Waals surface area contributed by atoms with Gasteiger partial charge < -0.3 is 28.1 Å². The van der Waals surface area contributed by atoms with Crippen molar-refractivity contribution in [3.8, 4) is 34.4 Å². The van der Waals surface area contributed by atoms with Gasteiger partial charge in [-0.15, -0.1) is 0 Å². The maximum absolute atomic E-state index is 13.0. The fourth-order valence-electron chi connectivity index (χ4n) is 11.5. The van der Waals surface area contributed by atoms with Crippen LogP contribution in [-0.4, -0.2) is 71.2 Å². The molecule has 0 unspecified atom stereocenters. The summed E-state index contributed by atoms with van der Waals surface area (Å²) in [6.07, 6.45) is 10.9. The van der Waals surface area contributed by atoms with Crippen LogP contribution < -0.4 is 9.80 Å². The minimum Gasteiger partial charge on any atom is -0.443 e. The van der Waals surface area contributed by atoms with Crippen molar-refractivity contribution in [1.29, 1.82) is 10.5 Å². The van der Waals surface area contributed by atoms with Crippen molar-refractivity contribution in [2.75, 3.05) is 22.9 Å². The zero-order valence-corrected chi connectivity index (χ0v) is 47.5. The average Bonchev–Trinajstić information content (AvgIpc) is 4.20. The third-order valence-corrected chi connectivity index (χ3v) is 20.8. The zero-order valence-electron chi connectivity index (χ0n) is 46.5. The smallest absolute Gasteiger partial charge is 0.414 e. The number of nitriles is 2. The second-order valence-corrected chi connectivity index (χ2v) is 29.7. The number of benzene rings is 4. The molecule has 0 bridgehead atoms. The van der Waals surface area contributed by atoms with Gasteiger partial charge in [-0.2, -0.15) is 10.5 Å². The van der Waals surface area contributed by atoms with E-state index in [9.17, 15) is 25.2 Å². The Hall–Kier alpha value is -6.38. The molecule has 1 N–H and O–H groups in total. The van der Waals surface area contributed by atoms with Gasteiger partial charge >= 0.3 is 12.2 Å². The average molecular weight is 1030 g/mol. The van der Waals surface area contributed by atoms with Crippen LogP contribution in [0.2, 0.25) is 18.1 Å². The molecule has 4 heterocycles. The number of hydrogen-bond donors (Lipinski definition) is 1. The fraction of sp³-hybridized carbons (Fsp3) is 0.484. The predicted molar refractivity (Wildman–Crippen MR) is 302 cm³/mol. The number of carbonyl (C=O) groups is 2. The number of nitrogens with zero attached hydrogens (tertiary/aromatic N) is 6. The lowest BCUT2D eigenvalue weighted by Gasteiger charge is -2.38. The van der Waals surface area contributed by atoms with Crippen molar-refractivity contribution in [1.82, 2.24) is 9.13 Å². The summed E-state index contributed by atoms with van der Waals surface area (Å²) in [6, 6.07) is 25.9. The van der Waals surface area contributed by atoms with Crippen LogP contribution >= 0.6 is 0 Å². The van der Waals surface area contributed by atoms with Gasteiger partial charge in [0.05, 0.1) is 40.7 Å². The Morgan fingerprint density at radius 1 is 0.627 bits per heavy atom. The Labute approximate surface area is 444 Å². The summed E-state index contributed by atoms with van der Waals surface area (Å²) >= 11 is 0. The molecule has 2 saturated carbocycles. The zero-order chi connectivity index (χ0) is 54.1. The number of ether oxygens (including phenoxy) is 2. The van der Waals surface area contributed by atoms with E-state index in [1.807, 2.05) is 85.7 Å². The van der Waals surface area contributed by atoms with E-state index in [0.29, 0.717) is 30.3 Å². The highest BCUT2D eigenvalue weighted by molar-refractivity contribution is 6.74. The van der Waals surface area contributed by atoms with E-state index in [-0.39, 0.29) is 35.5 Å². The number of fused-ring (bicyclic) bond motifs is 4. The van der Waals surface area contributed by atoms with Gasteiger partial charge in [0.25, 0.3) is 0 Å². The summed E-state index contributed by atoms with van der Waals surface area (Å²) in [5.74, 6) is 0. The summed E-state index contributed by atoms with van der Waals surface area (Å²) in [5, 5.41) is 32.1. The number of aliphatic hydroxyl groups excluding tert-OH is 1. The summed E-state index contributed by atoms with van der Waals surface area (Å²) in [7, 11) is -1.85. The number of amides is 2. The Morgan fingerprint density at radius 3 is 1.47 bits per heavy atom. The first-order valence-electron chi connectivity index (χ1n) is 27.0. The van der Waals surface area contributed by atoms with Crippen LogP contribution in [-0.2, 0) is 26.7 Å². The molecule has 394 valence electrons. The van der Waals surface area contributed by atoms with Gasteiger partial charge in [0.2, 0.25) is 0 Å². The van der Waals surface area contributed by atoms with E-state index in [1.54, 1.807) is 9.80 Å². The first-order valence-corrected chi connectivity index (χ1v) is 29.9. The topological polar surface area (TPSA) is 146 Å². The van der Waals surface area contributed by atoms with Crippen molar-refractivity contribution < 1.29 is 28.6 Å². The highest BCUT2D eigenvalue weighted by atomic mass is 28.4. The van der Waals surface area contributed by atoms with Gasteiger partial charge in [0.1, 0.15) is 11.2 Å². The van der Waals surface area contributed by atoms with Gasteiger partial charge in [-0.3, -0.25) is 9.80 Å². The molecule has 4 atom stereocenters. The van der Waals surface area contributed by atoms with Crippen LogP contribution in [0.25, 0.3) is 44.1 Å². The normalized spacial score (nSPS) is 19.7. The quantitative estimate of drug-likeness (QED) is 0.162. The summed E-state index contributed by atoms with van der Waals surface area (Å²) in [6.45, 7) is 28.1. The summed E-state index contributed by atoms with van der Waals surface area (Å²) in [4.78, 5) is 29.4. The van der Waals surface area contributed by atoms with Gasteiger partial charge in [-0.05, 0) is 195 Å². The minimum absolute atomic E-state index is 0.185. The van der Waals surface area contributed by atoms with E-state index >= 15 is 0 Å². The fourth-order valence-corrected chi connectivity index (χ4v) is 12.9. The van der Waals surface area contributed by atoms with E-state index in [0.717, 1.165) is 129 Å². The Balaban J connectivity index is 0.000000187. The van der Waals surface area contributed by atoms with Crippen molar-refractivity contribution in [3.63, 3.8) is 0 Å². The number of aryl methyl sites for hydroxylation is 2. The Bertz CT molecular complexity index is 3300. The SMILES string of the molecule is Cc1cc2c(cc1C#N)c(-c1cccc3c1CCN3C(=O)OC(C)(C)C)cn2[C@@H]1CC[C@@H](O)C1.Cc1cc2c(cc1C#N)c(-c1cccc3c1CCN3C(=O)OC(C)(C)C)cn2[C@@H]1CC[C@@H](O[Si](C)(C)C(C)(C)C)C1. The minimum atomic E-state index is -1.85. The first kappa shape index (κ1) is 53.4. The molecule has 2 fully saturated rings. The van der Waals surface area contributed by atoms with Crippen LogP contribution in [0.1, 0.15) is 146 Å². The van der Waals surface area contributed by atoms with Gasteiger partial charge in [0.15, 0.2) is 8.32 Å². The number of anilines is 2. The van der Waals surface area contributed by atoms with Gasteiger partial charge in [-0.1, -0.05) is 45.0 Å². The molecule has 2 aliphatic carbocycles. The number of hydrogen-bond acceptors (Lipinski definition) is 8. The predicted octanol–water partition coefficient (Wildman–Crippen LogP) is 14.8. The van der Waals surface area contributed by atoms with Crippen LogP contribution in [0.5, 0.6) is 0 Å². The maximum Gasteiger partial charge on any atom is 0.414 e. The lowest BCUT2D eigenvalue weighted by atomic mass is 9.96. The number of rotatable bonds is 6. The molecular formula is C62H76N6O6Si. The molecule has 0 radical (unpaired) electrons. The molecule has 4 aliphatic rings. The van der Waals surface area contributed by atoms with Crippen molar-refractivity contribution in [3.05, 3.63) is 106 Å². The van der Waals surface area contributed by atoms with Gasteiger partial charge in [-0.25, -0.2) is 9.59 Å². The van der Waals surface area contributed by atoms with Crippen molar-refractivity contribution in [2.45, 2.75) is 181 Å².